The van der Waals surface area contributed by atoms with E-state index in [2.05, 4.69) is 17.0 Å². The molecule has 0 saturated carbocycles. The van der Waals surface area contributed by atoms with Gasteiger partial charge >= 0.3 is 0 Å². The summed E-state index contributed by atoms with van der Waals surface area (Å²) in [5.74, 6) is 0. The number of anilines is 1. The molecule has 0 unspecified atom stereocenters. The van der Waals surface area contributed by atoms with Crippen molar-refractivity contribution >= 4 is 5.69 Å². The van der Waals surface area contributed by atoms with Crippen LogP contribution in [0.2, 0.25) is 0 Å². The summed E-state index contributed by atoms with van der Waals surface area (Å²) in [6, 6.07) is 10.3. The van der Waals surface area contributed by atoms with Gasteiger partial charge in [-0.15, -0.1) is 0 Å². The molecule has 1 aromatic rings. The van der Waals surface area contributed by atoms with Gasteiger partial charge in [-0.2, -0.15) is 0 Å². The van der Waals surface area contributed by atoms with E-state index >= 15 is 0 Å². The largest absolute Gasteiger partial charge is 0.383 e. The van der Waals surface area contributed by atoms with Crippen LogP contribution in [0.25, 0.3) is 0 Å². The molecule has 0 aliphatic rings. The summed E-state index contributed by atoms with van der Waals surface area (Å²) >= 11 is 0. The van der Waals surface area contributed by atoms with Crippen LogP contribution in [0.5, 0.6) is 0 Å². The van der Waals surface area contributed by atoms with Crippen LogP contribution in [-0.2, 0) is 9.47 Å². The van der Waals surface area contributed by atoms with Crippen LogP contribution < -0.4 is 4.90 Å². The van der Waals surface area contributed by atoms with Crippen molar-refractivity contribution in [2.75, 3.05) is 45.4 Å². The van der Waals surface area contributed by atoms with Crippen molar-refractivity contribution in [3.8, 4) is 0 Å². The summed E-state index contributed by atoms with van der Waals surface area (Å²) in [5.41, 5.74) is 1.21. The molecular weight excluding hydrogens is 190 g/mol. The number of para-hydroxylation sites is 1. The Labute approximate surface area is 91.6 Å². The molecule has 0 bridgehead atoms. The quantitative estimate of drug-likeness (QED) is 0.683. The third-order valence-electron chi connectivity index (χ3n) is 2.25. The summed E-state index contributed by atoms with van der Waals surface area (Å²) in [6.07, 6.45) is 0. The maximum atomic E-state index is 5.09. The third-order valence-corrected chi connectivity index (χ3v) is 2.25. The second-order valence-corrected chi connectivity index (χ2v) is 3.31. The fourth-order valence-electron chi connectivity index (χ4n) is 1.41. The molecule has 0 fully saturated rings. The van der Waals surface area contributed by atoms with Crippen molar-refractivity contribution in [1.82, 2.24) is 0 Å². The second-order valence-electron chi connectivity index (χ2n) is 3.31. The normalized spacial score (nSPS) is 10.3. The van der Waals surface area contributed by atoms with Gasteiger partial charge in [0, 0.05) is 33.0 Å². The number of benzene rings is 1. The lowest BCUT2D eigenvalue weighted by Gasteiger charge is -2.24. The summed E-state index contributed by atoms with van der Waals surface area (Å²) in [7, 11) is 3.44. The standard InChI is InChI=1S/C12H19NO2/c1-14-10-8-13(9-11-15-2)12-6-4-3-5-7-12/h3-7H,8-11H2,1-2H3. The zero-order valence-corrected chi connectivity index (χ0v) is 9.48. The fraction of sp³-hybridized carbons (Fsp3) is 0.500. The molecule has 0 atom stereocenters. The highest BCUT2D eigenvalue weighted by Gasteiger charge is 2.04. The molecule has 0 heterocycles. The van der Waals surface area contributed by atoms with Gasteiger partial charge in [0.1, 0.15) is 0 Å². The number of rotatable bonds is 7. The molecule has 1 rings (SSSR count). The average Bonchev–Trinajstić information content (AvgIpc) is 2.30. The van der Waals surface area contributed by atoms with Crippen LogP contribution in [0.4, 0.5) is 5.69 Å². The summed E-state index contributed by atoms with van der Waals surface area (Å²) < 4.78 is 10.2. The minimum atomic E-state index is 0.735. The van der Waals surface area contributed by atoms with Crippen LogP contribution in [0.3, 0.4) is 0 Å². The van der Waals surface area contributed by atoms with Gasteiger partial charge in [0.05, 0.1) is 13.2 Å². The van der Waals surface area contributed by atoms with E-state index in [0.29, 0.717) is 0 Å². The van der Waals surface area contributed by atoms with Crippen LogP contribution in [0.15, 0.2) is 30.3 Å². The van der Waals surface area contributed by atoms with E-state index < -0.39 is 0 Å². The predicted octanol–water partition coefficient (Wildman–Crippen LogP) is 1.79. The smallest absolute Gasteiger partial charge is 0.0637 e. The van der Waals surface area contributed by atoms with Gasteiger partial charge < -0.3 is 14.4 Å². The molecule has 84 valence electrons. The summed E-state index contributed by atoms with van der Waals surface area (Å²) in [5, 5.41) is 0. The number of nitrogens with zero attached hydrogens (tertiary/aromatic N) is 1. The Bertz CT molecular complexity index is 243. The summed E-state index contributed by atoms with van der Waals surface area (Å²) in [6.45, 7) is 3.25. The minimum Gasteiger partial charge on any atom is -0.383 e. The maximum absolute atomic E-state index is 5.09. The van der Waals surface area contributed by atoms with Gasteiger partial charge in [-0.05, 0) is 12.1 Å². The zero-order chi connectivity index (χ0) is 10.9. The Morgan fingerprint density at radius 3 is 1.93 bits per heavy atom. The van der Waals surface area contributed by atoms with Gasteiger partial charge in [0.2, 0.25) is 0 Å². The van der Waals surface area contributed by atoms with Crippen molar-refractivity contribution in [3.63, 3.8) is 0 Å². The molecule has 0 aliphatic carbocycles. The van der Waals surface area contributed by atoms with E-state index in [1.807, 2.05) is 18.2 Å². The number of hydrogen-bond acceptors (Lipinski definition) is 3. The van der Waals surface area contributed by atoms with Gasteiger partial charge in [-0.3, -0.25) is 0 Å². The van der Waals surface area contributed by atoms with Gasteiger partial charge in [-0.1, -0.05) is 18.2 Å². The van der Waals surface area contributed by atoms with E-state index in [0.717, 1.165) is 26.3 Å². The van der Waals surface area contributed by atoms with Crippen LogP contribution in [0, 0.1) is 0 Å². The molecule has 0 aliphatic heterocycles. The first-order chi connectivity index (χ1) is 7.38. The molecule has 3 nitrogen and oxygen atoms in total. The Kier molecular flexibility index (Phi) is 5.81. The minimum absolute atomic E-state index is 0.735. The molecule has 1 aromatic carbocycles. The lowest BCUT2D eigenvalue weighted by molar-refractivity contribution is 0.190. The van der Waals surface area contributed by atoms with E-state index in [-0.39, 0.29) is 0 Å². The molecule has 0 N–H and O–H groups in total. The summed E-state index contributed by atoms with van der Waals surface area (Å²) in [4.78, 5) is 2.26. The SMILES string of the molecule is COCCN(CCOC)c1ccccc1. The zero-order valence-electron chi connectivity index (χ0n) is 9.48. The van der Waals surface area contributed by atoms with E-state index in [9.17, 15) is 0 Å². The molecule has 3 heteroatoms. The predicted molar refractivity (Wildman–Crippen MR) is 62.4 cm³/mol. The van der Waals surface area contributed by atoms with Crippen molar-refractivity contribution in [2.45, 2.75) is 0 Å². The number of methoxy groups -OCH3 is 2. The van der Waals surface area contributed by atoms with Crippen LogP contribution in [-0.4, -0.2) is 40.5 Å². The van der Waals surface area contributed by atoms with Gasteiger partial charge in [-0.25, -0.2) is 0 Å². The van der Waals surface area contributed by atoms with Crippen molar-refractivity contribution in [1.29, 1.82) is 0 Å². The lowest BCUT2D eigenvalue weighted by Crippen LogP contribution is -2.30. The first-order valence-corrected chi connectivity index (χ1v) is 5.16. The van der Waals surface area contributed by atoms with Crippen molar-refractivity contribution in [2.24, 2.45) is 0 Å². The highest BCUT2D eigenvalue weighted by Crippen LogP contribution is 2.12. The Balaban J connectivity index is 2.55. The molecule has 15 heavy (non-hydrogen) atoms. The molecule has 0 radical (unpaired) electrons. The maximum Gasteiger partial charge on any atom is 0.0637 e. The Morgan fingerprint density at radius 1 is 0.933 bits per heavy atom. The fourth-order valence-corrected chi connectivity index (χ4v) is 1.41. The van der Waals surface area contributed by atoms with Crippen molar-refractivity contribution < 1.29 is 9.47 Å². The lowest BCUT2D eigenvalue weighted by atomic mass is 10.3. The molecule has 0 spiro atoms. The number of hydrogen-bond donors (Lipinski definition) is 0. The van der Waals surface area contributed by atoms with E-state index in [4.69, 9.17) is 9.47 Å². The molecule has 0 saturated heterocycles. The van der Waals surface area contributed by atoms with E-state index in [1.54, 1.807) is 14.2 Å². The molecule has 0 aromatic heterocycles. The molecule has 0 amide bonds. The highest BCUT2D eigenvalue weighted by molar-refractivity contribution is 5.45. The Hall–Kier alpha value is -1.06. The van der Waals surface area contributed by atoms with Crippen LogP contribution >= 0.6 is 0 Å². The van der Waals surface area contributed by atoms with Crippen molar-refractivity contribution in [3.05, 3.63) is 30.3 Å². The highest BCUT2D eigenvalue weighted by atomic mass is 16.5. The Morgan fingerprint density at radius 2 is 1.47 bits per heavy atom. The monoisotopic (exact) mass is 209 g/mol. The van der Waals surface area contributed by atoms with E-state index in [1.165, 1.54) is 5.69 Å². The number of ether oxygens (including phenoxy) is 2. The first kappa shape index (κ1) is 12.0. The topological polar surface area (TPSA) is 21.7 Å². The van der Waals surface area contributed by atoms with Crippen LogP contribution in [0.1, 0.15) is 0 Å². The average molecular weight is 209 g/mol. The van der Waals surface area contributed by atoms with Gasteiger partial charge in [0.15, 0.2) is 0 Å². The molecular formula is C12H19NO2. The third kappa shape index (κ3) is 4.32. The first-order valence-electron chi connectivity index (χ1n) is 5.16. The second kappa shape index (κ2) is 7.26. The van der Waals surface area contributed by atoms with Gasteiger partial charge in [0.25, 0.3) is 0 Å².